The Morgan fingerprint density at radius 2 is 1.67 bits per heavy atom. The number of carbonyl (C=O) groups excluding carboxylic acids is 1. The van der Waals surface area contributed by atoms with Crippen LogP contribution in [0.4, 0.5) is 0 Å². The largest absolute Gasteiger partial charge is 0.484 e. The van der Waals surface area contributed by atoms with Crippen molar-refractivity contribution in [3.63, 3.8) is 0 Å². The van der Waals surface area contributed by atoms with E-state index in [1.807, 2.05) is 60.7 Å². The van der Waals surface area contributed by atoms with E-state index in [0.717, 1.165) is 11.1 Å². The second kappa shape index (κ2) is 8.66. The van der Waals surface area contributed by atoms with E-state index in [0.29, 0.717) is 28.8 Å². The minimum Gasteiger partial charge on any atom is -0.484 e. The summed E-state index contributed by atoms with van der Waals surface area (Å²) in [6.07, 6.45) is 1.46. The summed E-state index contributed by atoms with van der Waals surface area (Å²) in [6.45, 7) is 0.416. The summed E-state index contributed by atoms with van der Waals surface area (Å²) in [5, 5.41) is 0.469. The summed E-state index contributed by atoms with van der Waals surface area (Å²) in [7, 11) is 1.74. The molecule has 1 heterocycles. The van der Waals surface area contributed by atoms with Gasteiger partial charge in [0.15, 0.2) is 12.0 Å². The molecule has 0 unspecified atom stereocenters. The van der Waals surface area contributed by atoms with Crippen LogP contribution in [0.5, 0.6) is 5.75 Å². The molecule has 1 aromatic heterocycles. The van der Waals surface area contributed by atoms with Gasteiger partial charge in [-0.2, -0.15) is 0 Å². The van der Waals surface area contributed by atoms with Crippen molar-refractivity contribution in [2.45, 2.75) is 6.54 Å². The SMILES string of the molecule is CN(Cc1ccccc1)C(=O)COc1ccc2c(=O)c(-c3ccccc3)coc2c1. The van der Waals surface area contributed by atoms with Crippen molar-refractivity contribution in [1.82, 2.24) is 4.90 Å². The van der Waals surface area contributed by atoms with E-state index in [-0.39, 0.29) is 17.9 Å². The van der Waals surface area contributed by atoms with E-state index >= 15 is 0 Å². The Morgan fingerprint density at radius 1 is 0.967 bits per heavy atom. The monoisotopic (exact) mass is 399 g/mol. The van der Waals surface area contributed by atoms with Gasteiger partial charge in [0, 0.05) is 19.7 Å². The Labute approximate surface area is 174 Å². The molecule has 5 heteroatoms. The standard InChI is InChI=1S/C25H21NO4/c1-26(15-18-8-4-2-5-9-18)24(27)17-29-20-12-13-21-23(14-20)30-16-22(25(21)28)19-10-6-3-7-11-19/h2-14,16H,15,17H2,1H3. The van der Waals surface area contributed by atoms with Crippen LogP contribution >= 0.6 is 0 Å². The molecular weight excluding hydrogens is 378 g/mol. The van der Waals surface area contributed by atoms with Crippen LogP contribution in [0.1, 0.15) is 5.56 Å². The zero-order valence-electron chi connectivity index (χ0n) is 16.6. The third kappa shape index (κ3) is 4.25. The molecule has 3 aromatic carbocycles. The van der Waals surface area contributed by atoms with Crippen molar-refractivity contribution in [2.24, 2.45) is 0 Å². The van der Waals surface area contributed by atoms with E-state index in [4.69, 9.17) is 9.15 Å². The van der Waals surface area contributed by atoms with Crippen molar-refractivity contribution in [3.05, 3.63) is 101 Å². The fraction of sp³-hybridized carbons (Fsp3) is 0.120. The molecule has 0 N–H and O–H groups in total. The number of ether oxygens (including phenoxy) is 1. The summed E-state index contributed by atoms with van der Waals surface area (Å²) in [5.41, 5.74) is 2.68. The zero-order chi connectivity index (χ0) is 20.9. The highest BCUT2D eigenvalue weighted by Gasteiger charge is 2.12. The highest BCUT2D eigenvalue weighted by atomic mass is 16.5. The first kappa shape index (κ1) is 19.5. The van der Waals surface area contributed by atoms with Crippen LogP contribution in [-0.2, 0) is 11.3 Å². The molecule has 0 saturated carbocycles. The molecule has 1 amide bonds. The number of rotatable bonds is 6. The van der Waals surface area contributed by atoms with Crippen LogP contribution in [0.15, 0.2) is 94.3 Å². The van der Waals surface area contributed by atoms with Gasteiger partial charge in [0.2, 0.25) is 0 Å². The molecule has 0 bridgehead atoms. The van der Waals surface area contributed by atoms with Gasteiger partial charge in [-0.3, -0.25) is 9.59 Å². The summed E-state index contributed by atoms with van der Waals surface area (Å²) < 4.78 is 11.3. The van der Waals surface area contributed by atoms with Crippen molar-refractivity contribution >= 4 is 16.9 Å². The van der Waals surface area contributed by atoms with Gasteiger partial charge in [-0.05, 0) is 23.3 Å². The topological polar surface area (TPSA) is 59.8 Å². The summed E-state index contributed by atoms with van der Waals surface area (Å²) >= 11 is 0. The third-order valence-corrected chi connectivity index (χ3v) is 4.88. The molecule has 0 spiro atoms. The molecule has 30 heavy (non-hydrogen) atoms. The van der Waals surface area contributed by atoms with Gasteiger partial charge in [-0.1, -0.05) is 60.7 Å². The van der Waals surface area contributed by atoms with E-state index in [9.17, 15) is 9.59 Å². The number of nitrogens with zero attached hydrogens (tertiary/aromatic N) is 1. The van der Waals surface area contributed by atoms with Crippen molar-refractivity contribution < 1.29 is 13.9 Å². The van der Waals surface area contributed by atoms with Crippen molar-refractivity contribution in [2.75, 3.05) is 13.7 Å². The lowest BCUT2D eigenvalue weighted by atomic mass is 10.1. The molecule has 0 aliphatic heterocycles. The second-order valence-electron chi connectivity index (χ2n) is 7.03. The number of amides is 1. The molecule has 0 saturated heterocycles. The molecular formula is C25H21NO4. The second-order valence-corrected chi connectivity index (χ2v) is 7.03. The number of hydrogen-bond acceptors (Lipinski definition) is 4. The average Bonchev–Trinajstić information content (AvgIpc) is 2.79. The van der Waals surface area contributed by atoms with Crippen LogP contribution in [0.25, 0.3) is 22.1 Å². The number of carbonyl (C=O) groups is 1. The highest BCUT2D eigenvalue weighted by Crippen LogP contribution is 2.23. The summed E-state index contributed by atoms with van der Waals surface area (Å²) in [4.78, 5) is 26.8. The molecule has 150 valence electrons. The first-order chi connectivity index (χ1) is 14.6. The van der Waals surface area contributed by atoms with E-state index in [2.05, 4.69) is 0 Å². The number of hydrogen-bond donors (Lipinski definition) is 0. The first-order valence-electron chi connectivity index (χ1n) is 9.63. The van der Waals surface area contributed by atoms with Gasteiger partial charge in [-0.15, -0.1) is 0 Å². The molecule has 4 aromatic rings. The number of fused-ring (bicyclic) bond motifs is 1. The average molecular weight is 399 g/mol. The molecule has 4 rings (SSSR count). The smallest absolute Gasteiger partial charge is 0.260 e. The molecule has 0 aliphatic rings. The van der Waals surface area contributed by atoms with Crippen LogP contribution < -0.4 is 10.2 Å². The molecule has 0 radical (unpaired) electrons. The van der Waals surface area contributed by atoms with Crippen molar-refractivity contribution in [1.29, 1.82) is 0 Å². The van der Waals surface area contributed by atoms with Crippen molar-refractivity contribution in [3.8, 4) is 16.9 Å². The molecule has 0 aliphatic carbocycles. The maximum atomic E-state index is 12.8. The Bertz CT molecular complexity index is 1220. The first-order valence-corrected chi connectivity index (χ1v) is 9.63. The number of likely N-dealkylation sites (N-methyl/N-ethyl adjacent to an activating group) is 1. The fourth-order valence-electron chi connectivity index (χ4n) is 3.22. The lowest BCUT2D eigenvalue weighted by Crippen LogP contribution is -2.30. The van der Waals surface area contributed by atoms with Crippen LogP contribution in [0, 0.1) is 0 Å². The normalized spacial score (nSPS) is 10.7. The Balaban J connectivity index is 1.46. The van der Waals surface area contributed by atoms with E-state index < -0.39 is 0 Å². The van der Waals surface area contributed by atoms with Gasteiger partial charge in [0.05, 0.1) is 10.9 Å². The van der Waals surface area contributed by atoms with Gasteiger partial charge >= 0.3 is 0 Å². The highest BCUT2D eigenvalue weighted by molar-refractivity contribution is 5.83. The lowest BCUT2D eigenvalue weighted by molar-refractivity contribution is -0.132. The Kier molecular flexibility index (Phi) is 5.61. The van der Waals surface area contributed by atoms with Crippen LogP contribution in [-0.4, -0.2) is 24.5 Å². The van der Waals surface area contributed by atoms with Gasteiger partial charge < -0.3 is 14.1 Å². The van der Waals surface area contributed by atoms with Gasteiger partial charge in [0.1, 0.15) is 17.6 Å². The van der Waals surface area contributed by atoms with E-state index in [1.165, 1.54) is 6.26 Å². The number of benzene rings is 3. The Hall–Kier alpha value is -3.86. The van der Waals surface area contributed by atoms with E-state index in [1.54, 1.807) is 30.1 Å². The van der Waals surface area contributed by atoms with Crippen LogP contribution in [0.3, 0.4) is 0 Å². The lowest BCUT2D eigenvalue weighted by Gasteiger charge is -2.17. The zero-order valence-corrected chi connectivity index (χ0v) is 16.6. The minimum atomic E-state index is -0.139. The summed E-state index contributed by atoms with van der Waals surface area (Å²) in [6, 6.07) is 24.1. The fourth-order valence-corrected chi connectivity index (χ4v) is 3.22. The molecule has 0 fully saturated rings. The quantitative estimate of drug-likeness (QED) is 0.479. The predicted octanol–water partition coefficient (Wildman–Crippen LogP) is 4.50. The summed E-state index contributed by atoms with van der Waals surface area (Å²) in [5.74, 6) is 0.333. The third-order valence-electron chi connectivity index (χ3n) is 4.88. The molecule has 0 atom stereocenters. The maximum absolute atomic E-state index is 12.8. The molecule has 5 nitrogen and oxygen atoms in total. The minimum absolute atomic E-state index is 0.0961. The maximum Gasteiger partial charge on any atom is 0.260 e. The van der Waals surface area contributed by atoms with Crippen LogP contribution in [0.2, 0.25) is 0 Å². The Morgan fingerprint density at radius 3 is 2.40 bits per heavy atom. The van der Waals surface area contributed by atoms with Gasteiger partial charge in [0.25, 0.3) is 5.91 Å². The predicted molar refractivity (Wildman–Crippen MR) is 116 cm³/mol. The van der Waals surface area contributed by atoms with Gasteiger partial charge in [-0.25, -0.2) is 0 Å².